The smallest absolute Gasteiger partial charge is 0.303 e. The van der Waals surface area contributed by atoms with Crippen molar-refractivity contribution in [1.82, 2.24) is 5.32 Å². The first kappa shape index (κ1) is 29.4. The second-order valence-corrected chi connectivity index (χ2v) is 2.19. The summed E-state index contributed by atoms with van der Waals surface area (Å²) in [6, 6.07) is 0. The minimum absolute atomic E-state index is 0. The molecule has 0 aromatic heterocycles. The van der Waals surface area contributed by atoms with Crippen molar-refractivity contribution in [3.8, 4) is 0 Å². The Morgan fingerprint density at radius 2 is 1.67 bits per heavy atom. The predicted molar refractivity (Wildman–Crippen MR) is 70.4 cm³/mol. The van der Waals surface area contributed by atoms with Crippen molar-refractivity contribution in [2.75, 3.05) is 6.54 Å². The fourth-order valence-electron chi connectivity index (χ4n) is 0.624. The van der Waals surface area contributed by atoms with Gasteiger partial charge < -0.3 is 16.2 Å². The molecule has 0 atom stereocenters. The molecule has 0 bridgehead atoms. The van der Waals surface area contributed by atoms with Crippen molar-refractivity contribution in [1.29, 1.82) is 5.41 Å². The number of rotatable bonds is 5. The molecule has 0 aromatic rings. The quantitative estimate of drug-likeness (QED) is 0.350. The average Bonchev–Trinajstić information content (AvgIpc) is 1.85. The Morgan fingerprint density at radius 3 is 2.00 bits per heavy atom. The van der Waals surface area contributed by atoms with Crippen molar-refractivity contribution in [2.24, 2.45) is 5.73 Å². The Labute approximate surface area is 114 Å². The van der Waals surface area contributed by atoms with Gasteiger partial charge >= 0.3 is 5.97 Å². The van der Waals surface area contributed by atoms with E-state index in [0.717, 1.165) is 6.42 Å². The molecule has 96 valence electrons. The Morgan fingerprint density at radius 1 is 1.20 bits per heavy atom. The standard InChI is InChI=1S/C6H13N3O2.4ClH/c7-6(8)9-4-2-1-3-5(10)11;;;;/h1-4H2,(H,10,11)(H4,7,8,9);4*1H. The fourth-order valence-corrected chi connectivity index (χ4v) is 0.624. The number of hydrogen-bond donors (Lipinski definition) is 4. The molecular formula is C6H17Cl4N3O2. The van der Waals surface area contributed by atoms with E-state index in [-0.39, 0.29) is 62.0 Å². The molecule has 9 heteroatoms. The number of halogens is 4. The molecule has 5 nitrogen and oxygen atoms in total. The Hall–Kier alpha value is -0.100. The van der Waals surface area contributed by atoms with Crippen LogP contribution in [0.3, 0.4) is 0 Å². The fraction of sp³-hybridized carbons (Fsp3) is 0.667. The number of hydrogen-bond acceptors (Lipinski definition) is 2. The number of aliphatic carboxylic acids is 1. The molecule has 0 spiro atoms. The number of nitrogens with one attached hydrogen (secondary N) is 2. The van der Waals surface area contributed by atoms with Crippen molar-refractivity contribution in [3.63, 3.8) is 0 Å². The maximum atomic E-state index is 10.0. The zero-order chi connectivity index (χ0) is 8.69. The van der Waals surface area contributed by atoms with Crippen LogP contribution in [0.25, 0.3) is 0 Å². The highest BCUT2D eigenvalue weighted by Gasteiger charge is 1.95. The van der Waals surface area contributed by atoms with Gasteiger partial charge in [-0.05, 0) is 12.8 Å². The summed E-state index contributed by atoms with van der Waals surface area (Å²) in [5.74, 6) is -0.854. The van der Waals surface area contributed by atoms with E-state index in [1.807, 2.05) is 0 Å². The molecule has 0 unspecified atom stereocenters. The number of unbranched alkanes of at least 4 members (excludes halogenated alkanes) is 1. The molecular weight excluding hydrogens is 288 g/mol. The highest BCUT2D eigenvalue weighted by Crippen LogP contribution is 1.92. The van der Waals surface area contributed by atoms with Crippen LogP contribution in [0, 0.1) is 5.41 Å². The van der Waals surface area contributed by atoms with E-state index in [1.54, 1.807) is 0 Å². The van der Waals surface area contributed by atoms with E-state index in [1.165, 1.54) is 0 Å². The van der Waals surface area contributed by atoms with Crippen LogP contribution in [0.1, 0.15) is 19.3 Å². The van der Waals surface area contributed by atoms with E-state index in [0.29, 0.717) is 13.0 Å². The van der Waals surface area contributed by atoms with Crippen LogP contribution in [-0.2, 0) is 4.79 Å². The zero-order valence-electron chi connectivity index (χ0n) is 7.89. The molecule has 0 aliphatic carbocycles. The van der Waals surface area contributed by atoms with Crippen molar-refractivity contribution in [2.45, 2.75) is 19.3 Å². The van der Waals surface area contributed by atoms with E-state index >= 15 is 0 Å². The minimum Gasteiger partial charge on any atom is -0.481 e. The van der Waals surface area contributed by atoms with Crippen LogP contribution in [0.15, 0.2) is 0 Å². The Kier molecular flexibility index (Phi) is 38.1. The molecule has 0 rings (SSSR count). The van der Waals surface area contributed by atoms with E-state index in [2.05, 4.69) is 5.32 Å². The molecule has 0 aliphatic rings. The molecule has 5 N–H and O–H groups in total. The molecule has 0 aliphatic heterocycles. The van der Waals surface area contributed by atoms with Gasteiger partial charge in [-0.3, -0.25) is 10.2 Å². The van der Waals surface area contributed by atoms with Gasteiger partial charge in [-0.25, -0.2) is 0 Å². The maximum absolute atomic E-state index is 10.0. The van der Waals surface area contributed by atoms with Gasteiger partial charge in [0.15, 0.2) is 5.96 Å². The second kappa shape index (κ2) is 19.5. The van der Waals surface area contributed by atoms with Crippen LogP contribution in [0.5, 0.6) is 0 Å². The Bertz CT molecular complexity index is 143. The molecule has 0 radical (unpaired) electrons. The number of carboxylic acid groups (broad SMARTS) is 1. The van der Waals surface area contributed by atoms with Gasteiger partial charge in [0.2, 0.25) is 0 Å². The lowest BCUT2D eigenvalue weighted by molar-refractivity contribution is -0.137. The average molecular weight is 305 g/mol. The topological polar surface area (TPSA) is 99.2 Å². The summed E-state index contributed by atoms with van der Waals surface area (Å²) in [5.41, 5.74) is 4.99. The lowest BCUT2D eigenvalue weighted by Crippen LogP contribution is -2.30. The van der Waals surface area contributed by atoms with E-state index in [4.69, 9.17) is 16.2 Å². The molecule has 0 saturated carbocycles. The third-order valence-electron chi connectivity index (χ3n) is 1.13. The van der Waals surface area contributed by atoms with E-state index < -0.39 is 5.97 Å². The maximum Gasteiger partial charge on any atom is 0.303 e. The van der Waals surface area contributed by atoms with Gasteiger partial charge in [0.1, 0.15) is 0 Å². The summed E-state index contributed by atoms with van der Waals surface area (Å²) in [6.45, 7) is 0.572. The van der Waals surface area contributed by atoms with Crippen LogP contribution < -0.4 is 11.1 Å². The number of carbonyl (C=O) groups is 1. The number of carboxylic acids is 1. The summed E-state index contributed by atoms with van der Waals surface area (Å²) in [6.07, 6.45) is 1.53. The van der Waals surface area contributed by atoms with Gasteiger partial charge in [-0.15, -0.1) is 49.6 Å². The van der Waals surface area contributed by atoms with Crippen LogP contribution in [0.2, 0.25) is 0 Å². The summed E-state index contributed by atoms with van der Waals surface area (Å²) in [4.78, 5) is 10.0. The molecule has 0 fully saturated rings. The predicted octanol–water partition coefficient (Wildman–Crippen LogP) is 1.41. The first-order valence-corrected chi connectivity index (χ1v) is 3.42. The summed E-state index contributed by atoms with van der Waals surface area (Å²) < 4.78 is 0. The molecule has 0 saturated heterocycles. The van der Waals surface area contributed by atoms with Crippen LogP contribution >= 0.6 is 49.6 Å². The van der Waals surface area contributed by atoms with Crippen molar-refractivity contribution < 1.29 is 9.90 Å². The molecule has 0 amide bonds. The normalized spacial score (nSPS) is 6.67. The third kappa shape index (κ3) is 31.5. The second-order valence-electron chi connectivity index (χ2n) is 2.19. The van der Waals surface area contributed by atoms with Crippen molar-refractivity contribution >= 4 is 61.6 Å². The summed E-state index contributed by atoms with van der Waals surface area (Å²) in [5, 5.41) is 17.6. The summed E-state index contributed by atoms with van der Waals surface area (Å²) in [7, 11) is 0. The van der Waals surface area contributed by atoms with Crippen LogP contribution in [-0.4, -0.2) is 23.6 Å². The van der Waals surface area contributed by atoms with E-state index in [9.17, 15) is 4.79 Å². The summed E-state index contributed by atoms with van der Waals surface area (Å²) >= 11 is 0. The number of guanidine groups is 1. The molecule has 0 aromatic carbocycles. The van der Waals surface area contributed by atoms with Gasteiger partial charge in [0.05, 0.1) is 0 Å². The minimum atomic E-state index is -0.784. The largest absolute Gasteiger partial charge is 0.481 e. The highest BCUT2D eigenvalue weighted by atomic mass is 35.5. The SMILES string of the molecule is Cl.Cl.Cl.Cl.N=C(N)NCCCCC(=O)O. The first-order valence-electron chi connectivity index (χ1n) is 3.42. The third-order valence-corrected chi connectivity index (χ3v) is 1.13. The highest BCUT2D eigenvalue weighted by molar-refractivity contribution is 5.86. The zero-order valence-corrected chi connectivity index (χ0v) is 11.2. The van der Waals surface area contributed by atoms with Gasteiger partial charge in [0.25, 0.3) is 0 Å². The van der Waals surface area contributed by atoms with Gasteiger partial charge in [-0.1, -0.05) is 0 Å². The van der Waals surface area contributed by atoms with Gasteiger partial charge in [0, 0.05) is 13.0 Å². The first-order chi connectivity index (χ1) is 5.13. The Balaban J connectivity index is -0.0000000833. The molecule has 15 heavy (non-hydrogen) atoms. The van der Waals surface area contributed by atoms with Crippen molar-refractivity contribution in [3.05, 3.63) is 0 Å². The lowest BCUT2D eigenvalue weighted by Gasteiger charge is -2.00. The van der Waals surface area contributed by atoms with Crippen LogP contribution in [0.4, 0.5) is 0 Å². The lowest BCUT2D eigenvalue weighted by atomic mass is 10.2. The monoisotopic (exact) mass is 303 g/mol. The number of nitrogens with two attached hydrogens (primary N) is 1. The molecule has 0 heterocycles. The van der Waals surface area contributed by atoms with Gasteiger partial charge in [-0.2, -0.15) is 0 Å².